The third-order valence-electron chi connectivity index (χ3n) is 3.94. The van der Waals surface area contributed by atoms with Crippen LogP contribution in [0.25, 0.3) is 0 Å². The van der Waals surface area contributed by atoms with Gasteiger partial charge in [-0.2, -0.15) is 5.10 Å². The summed E-state index contributed by atoms with van der Waals surface area (Å²) in [5.74, 6) is 0.00357. The number of hydrogen-bond donors (Lipinski definition) is 2. The maximum absolute atomic E-state index is 12.0. The molecular formula is C22H19ClN2O3. The van der Waals surface area contributed by atoms with Gasteiger partial charge in [0.15, 0.2) is 6.10 Å². The lowest BCUT2D eigenvalue weighted by Crippen LogP contribution is -2.25. The molecule has 0 aliphatic heterocycles. The normalized spacial score (nSPS) is 11.9. The van der Waals surface area contributed by atoms with E-state index < -0.39 is 12.0 Å². The van der Waals surface area contributed by atoms with Gasteiger partial charge >= 0.3 is 0 Å². The summed E-state index contributed by atoms with van der Waals surface area (Å²) < 4.78 is 5.84. The minimum absolute atomic E-state index is 0.352. The molecule has 28 heavy (non-hydrogen) atoms. The van der Waals surface area contributed by atoms with Crippen LogP contribution in [0.15, 0.2) is 84.0 Å². The van der Waals surface area contributed by atoms with E-state index in [2.05, 4.69) is 10.5 Å². The van der Waals surface area contributed by atoms with Gasteiger partial charge in [-0.05, 0) is 35.4 Å². The molecule has 5 nitrogen and oxygen atoms in total. The number of carbonyl (C=O) groups is 1. The van der Waals surface area contributed by atoms with Crippen molar-refractivity contribution in [1.82, 2.24) is 5.43 Å². The van der Waals surface area contributed by atoms with E-state index in [9.17, 15) is 9.90 Å². The van der Waals surface area contributed by atoms with E-state index in [-0.39, 0.29) is 0 Å². The van der Waals surface area contributed by atoms with Gasteiger partial charge in [0.25, 0.3) is 5.91 Å². The minimum atomic E-state index is -1.28. The van der Waals surface area contributed by atoms with Gasteiger partial charge in [-0.1, -0.05) is 66.2 Å². The Morgan fingerprint density at radius 3 is 2.61 bits per heavy atom. The quantitative estimate of drug-likeness (QED) is 0.468. The van der Waals surface area contributed by atoms with Crippen molar-refractivity contribution in [2.75, 3.05) is 0 Å². The number of amides is 1. The number of benzene rings is 3. The van der Waals surface area contributed by atoms with Crippen LogP contribution in [0.2, 0.25) is 5.02 Å². The molecule has 0 radical (unpaired) electrons. The van der Waals surface area contributed by atoms with Crippen LogP contribution < -0.4 is 10.2 Å². The lowest BCUT2D eigenvalue weighted by molar-refractivity contribution is -0.129. The zero-order valence-electron chi connectivity index (χ0n) is 15.0. The summed E-state index contributed by atoms with van der Waals surface area (Å²) in [5, 5.41) is 14.6. The number of nitrogens with one attached hydrogen (secondary N) is 1. The standard InChI is InChI=1S/C22H19ClN2O3/c23-19-11-6-7-16(13-19)15-28-20-12-5-4-10-18(20)14-24-25-22(27)21(26)17-8-2-1-3-9-17/h1-14,21,26H,15H2,(H,25,27)/b24-14-/t21-/m0/s1. The molecule has 0 heterocycles. The fourth-order valence-corrected chi connectivity index (χ4v) is 2.73. The van der Waals surface area contributed by atoms with Gasteiger partial charge in [-0.3, -0.25) is 4.79 Å². The average molecular weight is 395 g/mol. The second-order valence-electron chi connectivity index (χ2n) is 6.00. The van der Waals surface area contributed by atoms with Crippen molar-refractivity contribution < 1.29 is 14.6 Å². The number of halogens is 1. The fourth-order valence-electron chi connectivity index (χ4n) is 2.52. The van der Waals surface area contributed by atoms with Crippen molar-refractivity contribution in [2.24, 2.45) is 5.10 Å². The maximum Gasteiger partial charge on any atom is 0.273 e. The molecule has 1 atom stereocenters. The molecule has 142 valence electrons. The Kier molecular flexibility index (Phi) is 6.78. The van der Waals surface area contributed by atoms with Gasteiger partial charge in [0, 0.05) is 10.6 Å². The van der Waals surface area contributed by atoms with Crippen molar-refractivity contribution in [2.45, 2.75) is 12.7 Å². The summed E-state index contributed by atoms with van der Waals surface area (Å²) in [6.45, 7) is 0.352. The first-order valence-corrected chi connectivity index (χ1v) is 9.03. The van der Waals surface area contributed by atoms with E-state index >= 15 is 0 Å². The molecule has 3 rings (SSSR count). The highest BCUT2D eigenvalue weighted by molar-refractivity contribution is 6.30. The molecule has 3 aromatic rings. The van der Waals surface area contributed by atoms with Gasteiger partial charge < -0.3 is 9.84 Å². The van der Waals surface area contributed by atoms with Crippen molar-refractivity contribution in [3.8, 4) is 5.75 Å². The molecule has 0 saturated carbocycles. The number of nitrogens with zero attached hydrogens (tertiary/aromatic N) is 1. The largest absolute Gasteiger partial charge is 0.488 e. The zero-order valence-corrected chi connectivity index (χ0v) is 15.7. The van der Waals surface area contributed by atoms with Crippen molar-refractivity contribution in [3.63, 3.8) is 0 Å². The van der Waals surface area contributed by atoms with Crippen LogP contribution in [0.3, 0.4) is 0 Å². The molecule has 0 unspecified atom stereocenters. The highest BCUT2D eigenvalue weighted by Crippen LogP contribution is 2.19. The predicted octanol–water partition coefficient (Wildman–Crippen LogP) is 4.10. The highest BCUT2D eigenvalue weighted by Gasteiger charge is 2.16. The molecule has 0 spiro atoms. The second kappa shape index (κ2) is 9.69. The summed E-state index contributed by atoms with van der Waals surface area (Å²) in [7, 11) is 0. The Morgan fingerprint density at radius 1 is 1.07 bits per heavy atom. The van der Waals surface area contributed by atoms with Crippen LogP contribution >= 0.6 is 11.6 Å². The lowest BCUT2D eigenvalue weighted by atomic mass is 10.1. The molecule has 0 fully saturated rings. The number of carbonyl (C=O) groups excluding carboxylic acids is 1. The molecule has 0 aliphatic rings. The molecule has 6 heteroatoms. The first kappa shape index (κ1) is 19.6. The summed E-state index contributed by atoms with van der Waals surface area (Å²) >= 11 is 5.99. The Balaban J connectivity index is 1.62. The smallest absolute Gasteiger partial charge is 0.273 e. The van der Waals surface area contributed by atoms with E-state index in [0.717, 1.165) is 5.56 Å². The van der Waals surface area contributed by atoms with E-state index in [1.165, 1.54) is 6.21 Å². The first-order valence-electron chi connectivity index (χ1n) is 8.65. The molecule has 1 amide bonds. The van der Waals surface area contributed by atoms with Gasteiger partial charge in [-0.15, -0.1) is 0 Å². The Bertz CT molecular complexity index is 961. The molecule has 3 aromatic carbocycles. The number of aliphatic hydroxyl groups excluding tert-OH is 1. The Labute approximate surface area is 168 Å². The van der Waals surface area contributed by atoms with Crippen molar-refractivity contribution in [3.05, 3.63) is 101 Å². The number of ether oxygens (including phenoxy) is 1. The number of aliphatic hydroxyl groups is 1. The van der Waals surface area contributed by atoms with E-state index in [1.807, 2.05) is 48.5 Å². The summed E-state index contributed by atoms with van der Waals surface area (Å²) in [6.07, 6.45) is 0.191. The molecule has 0 aliphatic carbocycles. The summed E-state index contributed by atoms with van der Waals surface area (Å²) in [5.41, 5.74) is 4.48. The van der Waals surface area contributed by atoms with E-state index in [1.54, 1.807) is 30.3 Å². The van der Waals surface area contributed by atoms with Gasteiger partial charge in [0.2, 0.25) is 0 Å². The zero-order chi connectivity index (χ0) is 19.8. The summed E-state index contributed by atoms with van der Waals surface area (Å²) in [4.78, 5) is 12.0. The number of hydrazone groups is 1. The molecular weight excluding hydrogens is 376 g/mol. The third-order valence-corrected chi connectivity index (χ3v) is 4.18. The first-order chi connectivity index (χ1) is 13.6. The second-order valence-corrected chi connectivity index (χ2v) is 6.44. The molecule has 0 bridgehead atoms. The van der Waals surface area contributed by atoms with Crippen molar-refractivity contribution in [1.29, 1.82) is 0 Å². The third kappa shape index (κ3) is 5.42. The van der Waals surface area contributed by atoms with Crippen LogP contribution in [0.4, 0.5) is 0 Å². The van der Waals surface area contributed by atoms with Gasteiger partial charge in [0.1, 0.15) is 12.4 Å². The highest BCUT2D eigenvalue weighted by atomic mass is 35.5. The van der Waals surface area contributed by atoms with Crippen LogP contribution in [0.1, 0.15) is 22.8 Å². The summed E-state index contributed by atoms with van der Waals surface area (Å²) in [6, 6.07) is 23.4. The molecule has 0 saturated heterocycles. The van der Waals surface area contributed by atoms with Crippen LogP contribution in [-0.4, -0.2) is 17.2 Å². The number of rotatable bonds is 7. The van der Waals surface area contributed by atoms with E-state index in [0.29, 0.717) is 28.5 Å². The number of para-hydroxylation sites is 1. The van der Waals surface area contributed by atoms with Crippen LogP contribution in [0.5, 0.6) is 5.75 Å². The van der Waals surface area contributed by atoms with Gasteiger partial charge in [0.05, 0.1) is 6.21 Å². The average Bonchev–Trinajstić information content (AvgIpc) is 2.73. The van der Waals surface area contributed by atoms with Crippen LogP contribution in [0, 0.1) is 0 Å². The number of hydrogen-bond acceptors (Lipinski definition) is 4. The fraction of sp³-hybridized carbons (Fsp3) is 0.0909. The Morgan fingerprint density at radius 2 is 1.82 bits per heavy atom. The SMILES string of the molecule is O=C(N/N=C\c1ccccc1OCc1cccc(Cl)c1)[C@@H](O)c1ccccc1. The Hall–Kier alpha value is -3.15. The van der Waals surface area contributed by atoms with E-state index in [4.69, 9.17) is 16.3 Å². The monoisotopic (exact) mass is 394 g/mol. The molecule has 2 N–H and O–H groups in total. The van der Waals surface area contributed by atoms with Crippen LogP contribution in [-0.2, 0) is 11.4 Å². The molecule has 0 aromatic heterocycles. The minimum Gasteiger partial charge on any atom is -0.488 e. The van der Waals surface area contributed by atoms with Gasteiger partial charge in [-0.25, -0.2) is 5.43 Å². The topological polar surface area (TPSA) is 70.9 Å². The predicted molar refractivity (Wildman–Crippen MR) is 109 cm³/mol. The maximum atomic E-state index is 12.0. The van der Waals surface area contributed by atoms with Crippen molar-refractivity contribution >= 4 is 23.7 Å². The lowest BCUT2D eigenvalue weighted by Gasteiger charge is -2.10.